The predicted octanol–water partition coefficient (Wildman–Crippen LogP) is 2.59. The third-order valence-electron chi connectivity index (χ3n) is 4.45. The number of aromatic nitrogens is 3. The summed E-state index contributed by atoms with van der Waals surface area (Å²) in [6, 6.07) is 4.51. The van der Waals surface area contributed by atoms with E-state index in [4.69, 9.17) is 0 Å². The molecule has 1 aliphatic rings. The molecular weight excluding hydrogens is 357 g/mol. The van der Waals surface area contributed by atoms with E-state index >= 15 is 0 Å². The van der Waals surface area contributed by atoms with Crippen LogP contribution in [0.5, 0.6) is 0 Å². The average molecular weight is 380 g/mol. The van der Waals surface area contributed by atoms with Crippen LogP contribution in [0.1, 0.15) is 17.0 Å². The minimum absolute atomic E-state index is 0.588. The first-order valence-corrected chi connectivity index (χ1v) is 8.75. The number of rotatable bonds is 4. The summed E-state index contributed by atoms with van der Waals surface area (Å²) in [5, 5.41) is 0. The van der Waals surface area contributed by atoms with E-state index in [2.05, 4.69) is 24.8 Å². The van der Waals surface area contributed by atoms with Crippen molar-refractivity contribution in [3.63, 3.8) is 0 Å². The molecule has 146 valence electrons. The minimum atomic E-state index is -4.40. The average Bonchev–Trinajstić information content (AvgIpc) is 2.61. The summed E-state index contributed by atoms with van der Waals surface area (Å²) < 4.78 is 37.8. The lowest BCUT2D eigenvalue weighted by atomic mass is 10.2. The molecule has 0 saturated carbocycles. The topological polar surface area (TPSA) is 48.4 Å². The molecule has 0 spiro atoms. The Balaban J connectivity index is 1.59. The van der Waals surface area contributed by atoms with Crippen LogP contribution in [-0.2, 0) is 12.7 Å². The van der Waals surface area contributed by atoms with Gasteiger partial charge >= 0.3 is 6.18 Å². The monoisotopic (exact) mass is 380 g/mol. The first-order chi connectivity index (χ1) is 12.7. The van der Waals surface area contributed by atoms with Gasteiger partial charge in [-0.05, 0) is 18.6 Å². The van der Waals surface area contributed by atoms with Crippen LogP contribution in [0.2, 0.25) is 0 Å². The molecule has 0 aliphatic carbocycles. The van der Waals surface area contributed by atoms with Crippen molar-refractivity contribution in [3.8, 4) is 0 Å². The molecule has 3 heterocycles. The van der Waals surface area contributed by atoms with Gasteiger partial charge in [0.15, 0.2) is 0 Å². The molecule has 0 amide bonds. The van der Waals surface area contributed by atoms with Crippen molar-refractivity contribution < 1.29 is 13.2 Å². The Kier molecular flexibility index (Phi) is 5.50. The Morgan fingerprint density at radius 1 is 1.07 bits per heavy atom. The van der Waals surface area contributed by atoms with Crippen LogP contribution in [-0.4, -0.2) is 60.1 Å². The van der Waals surface area contributed by atoms with Crippen molar-refractivity contribution in [2.24, 2.45) is 0 Å². The molecule has 0 radical (unpaired) electrons. The van der Waals surface area contributed by atoms with E-state index in [9.17, 15) is 13.2 Å². The second-order valence-corrected chi connectivity index (χ2v) is 6.87. The molecule has 2 aromatic heterocycles. The molecule has 0 aromatic carbocycles. The Morgan fingerprint density at radius 2 is 1.78 bits per heavy atom. The lowest BCUT2D eigenvalue weighted by Gasteiger charge is -2.35. The van der Waals surface area contributed by atoms with Crippen LogP contribution in [0.3, 0.4) is 0 Å². The maximum Gasteiger partial charge on any atom is 0.433 e. The van der Waals surface area contributed by atoms with Crippen molar-refractivity contribution in [3.05, 3.63) is 41.3 Å². The van der Waals surface area contributed by atoms with Crippen LogP contribution in [0.4, 0.5) is 24.9 Å². The fraction of sp³-hybridized carbons (Fsp3) is 0.500. The van der Waals surface area contributed by atoms with E-state index in [1.807, 2.05) is 32.0 Å². The predicted molar refractivity (Wildman–Crippen MR) is 97.8 cm³/mol. The van der Waals surface area contributed by atoms with Gasteiger partial charge in [0, 0.05) is 64.8 Å². The summed E-state index contributed by atoms with van der Waals surface area (Å²) in [6.07, 6.45) is -3.09. The number of nitrogens with zero attached hydrogens (tertiary/aromatic N) is 6. The molecule has 0 bridgehead atoms. The van der Waals surface area contributed by atoms with Crippen molar-refractivity contribution in [2.45, 2.75) is 19.6 Å². The molecule has 1 saturated heterocycles. The first-order valence-electron chi connectivity index (χ1n) is 8.75. The maximum absolute atomic E-state index is 12.6. The smallest absolute Gasteiger partial charge is 0.354 e. The van der Waals surface area contributed by atoms with Crippen LogP contribution in [0.25, 0.3) is 0 Å². The zero-order chi connectivity index (χ0) is 19.6. The fourth-order valence-electron chi connectivity index (χ4n) is 2.98. The minimum Gasteiger partial charge on any atom is -0.354 e. The maximum atomic E-state index is 12.6. The normalized spacial score (nSPS) is 15.9. The molecule has 27 heavy (non-hydrogen) atoms. The lowest BCUT2D eigenvalue weighted by Crippen LogP contribution is -2.46. The van der Waals surface area contributed by atoms with Gasteiger partial charge in [-0.1, -0.05) is 6.07 Å². The van der Waals surface area contributed by atoms with Crippen LogP contribution < -0.4 is 9.80 Å². The first kappa shape index (κ1) is 19.3. The highest BCUT2D eigenvalue weighted by Gasteiger charge is 2.32. The van der Waals surface area contributed by atoms with Gasteiger partial charge in [-0.2, -0.15) is 18.2 Å². The van der Waals surface area contributed by atoms with Gasteiger partial charge in [-0.3, -0.25) is 9.88 Å². The van der Waals surface area contributed by atoms with Crippen LogP contribution in [0.15, 0.2) is 24.4 Å². The van der Waals surface area contributed by atoms with E-state index < -0.39 is 11.9 Å². The van der Waals surface area contributed by atoms with E-state index in [-0.39, 0.29) is 0 Å². The molecule has 0 unspecified atom stereocenters. The lowest BCUT2D eigenvalue weighted by molar-refractivity contribution is -0.141. The van der Waals surface area contributed by atoms with Crippen molar-refractivity contribution in [1.82, 2.24) is 19.9 Å². The summed E-state index contributed by atoms with van der Waals surface area (Å²) in [5.41, 5.74) is 0.845. The second-order valence-electron chi connectivity index (χ2n) is 6.87. The number of hydrogen-bond acceptors (Lipinski definition) is 6. The molecule has 6 nitrogen and oxygen atoms in total. The number of hydrogen-bond donors (Lipinski definition) is 0. The third-order valence-corrected chi connectivity index (χ3v) is 4.45. The largest absolute Gasteiger partial charge is 0.433 e. The highest BCUT2D eigenvalue weighted by molar-refractivity contribution is 5.45. The van der Waals surface area contributed by atoms with Crippen LogP contribution in [0, 0.1) is 6.92 Å². The molecule has 3 rings (SSSR count). The van der Waals surface area contributed by atoms with Gasteiger partial charge in [0.05, 0.1) is 0 Å². The molecule has 0 N–H and O–H groups in total. The Hall–Kier alpha value is -2.42. The summed E-state index contributed by atoms with van der Waals surface area (Å²) in [6.45, 7) is 5.76. The molecule has 1 aliphatic heterocycles. The summed E-state index contributed by atoms with van der Waals surface area (Å²) >= 11 is 0. The number of alkyl halides is 3. The van der Waals surface area contributed by atoms with E-state index in [1.165, 1.54) is 12.3 Å². The van der Waals surface area contributed by atoms with Gasteiger partial charge in [-0.15, -0.1) is 0 Å². The van der Waals surface area contributed by atoms with Crippen molar-refractivity contribution in [1.29, 1.82) is 0 Å². The Labute approximate surface area is 156 Å². The Bertz CT molecular complexity index is 768. The number of pyridine rings is 1. The molecule has 1 fully saturated rings. The van der Waals surface area contributed by atoms with Gasteiger partial charge < -0.3 is 9.80 Å². The molecular formula is C18H23F3N6. The number of piperazine rings is 1. The molecule has 0 atom stereocenters. The van der Waals surface area contributed by atoms with E-state index in [1.54, 1.807) is 0 Å². The highest BCUT2D eigenvalue weighted by Crippen LogP contribution is 2.27. The van der Waals surface area contributed by atoms with Crippen LogP contribution >= 0.6 is 0 Å². The quantitative estimate of drug-likeness (QED) is 0.813. The van der Waals surface area contributed by atoms with E-state index in [0.29, 0.717) is 12.5 Å². The number of anilines is 2. The van der Waals surface area contributed by atoms with E-state index in [0.717, 1.165) is 49.3 Å². The summed E-state index contributed by atoms with van der Waals surface area (Å²) in [7, 11) is 3.82. The van der Waals surface area contributed by atoms with Gasteiger partial charge in [0.25, 0.3) is 0 Å². The highest BCUT2D eigenvalue weighted by atomic mass is 19.4. The molecule has 2 aromatic rings. The van der Waals surface area contributed by atoms with Crippen molar-refractivity contribution >= 4 is 11.8 Å². The SMILES string of the molecule is Cc1cc(N2CCN(Cc3ccc(C(F)(F)F)nc3)CC2)nc(N(C)C)n1. The fourth-order valence-corrected chi connectivity index (χ4v) is 2.98. The van der Waals surface area contributed by atoms with Gasteiger partial charge in [0.1, 0.15) is 11.5 Å². The van der Waals surface area contributed by atoms with Gasteiger partial charge in [0.2, 0.25) is 5.95 Å². The van der Waals surface area contributed by atoms with Gasteiger partial charge in [-0.25, -0.2) is 4.98 Å². The zero-order valence-corrected chi connectivity index (χ0v) is 15.7. The standard InChI is InChI=1S/C18H23F3N6/c1-13-10-16(24-17(23-13)25(2)3)27-8-6-26(7-9-27)12-14-4-5-15(22-11-14)18(19,20)21/h4-5,10-11H,6-9,12H2,1-3H3. The number of aryl methyl sites for hydroxylation is 1. The second kappa shape index (κ2) is 7.67. The number of halogens is 3. The third kappa shape index (κ3) is 4.85. The van der Waals surface area contributed by atoms with Crippen molar-refractivity contribution in [2.75, 3.05) is 50.1 Å². The Morgan fingerprint density at radius 3 is 2.33 bits per heavy atom. The summed E-state index contributed by atoms with van der Waals surface area (Å²) in [4.78, 5) is 18.8. The molecule has 9 heteroatoms. The zero-order valence-electron chi connectivity index (χ0n) is 15.7. The summed E-state index contributed by atoms with van der Waals surface area (Å²) in [5.74, 6) is 1.59.